The Bertz CT molecular complexity index is 532. The van der Waals surface area contributed by atoms with E-state index in [0.717, 1.165) is 28.7 Å². The van der Waals surface area contributed by atoms with Gasteiger partial charge in [-0.05, 0) is 36.1 Å². The lowest BCUT2D eigenvalue weighted by molar-refractivity contribution is 0.868. The van der Waals surface area contributed by atoms with Gasteiger partial charge < -0.3 is 5.43 Å². The molecule has 0 saturated carbocycles. The summed E-state index contributed by atoms with van der Waals surface area (Å²) in [6, 6.07) is 8.40. The summed E-state index contributed by atoms with van der Waals surface area (Å²) in [5.74, 6) is 6.10. The number of hydrazine groups is 1. The molecule has 2 rings (SSSR count). The average Bonchev–Trinajstić information content (AvgIpc) is 2.36. The molecular formula is C14H19N3. The molecule has 0 aliphatic carbocycles. The fourth-order valence-corrected chi connectivity index (χ4v) is 1.96. The summed E-state index contributed by atoms with van der Waals surface area (Å²) in [5.41, 5.74) is 7.09. The van der Waals surface area contributed by atoms with Crippen LogP contribution >= 0.6 is 0 Å². The van der Waals surface area contributed by atoms with Gasteiger partial charge >= 0.3 is 0 Å². The standard InChI is InChI=1S/C14H19N3/c1-4-11-8-14(17-15)12-7-10(9(2)3)5-6-13(12)16-11/h5-9H,4,15H2,1-3H3,(H,16,17). The molecule has 0 unspecified atom stereocenters. The smallest absolute Gasteiger partial charge is 0.0726 e. The highest BCUT2D eigenvalue weighted by molar-refractivity contribution is 5.91. The number of nitrogens with two attached hydrogens (primary N) is 1. The third kappa shape index (κ3) is 2.24. The summed E-state index contributed by atoms with van der Waals surface area (Å²) in [4.78, 5) is 4.61. The Morgan fingerprint density at radius 1 is 1.29 bits per heavy atom. The molecule has 0 atom stereocenters. The highest BCUT2D eigenvalue weighted by Gasteiger charge is 2.07. The predicted molar refractivity (Wildman–Crippen MR) is 73.0 cm³/mol. The normalized spacial score (nSPS) is 11.1. The minimum atomic E-state index is 0.510. The third-order valence-electron chi connectivity index (χ3n) is 3.07. The number of aromatic nitrogens is 1. The molecule has 3 nitrogen and oxygen atoms in total. The highest BCUT2D eigenvalue weighted by atomic mass is 15.2. The van der Waals surface area contributed by atoms with Crippen LogP contribution in [-0.2, 0) is 6.42 Å². The van der Waals surface area contributed by atoms with Crippen LogP contribution in [-0.4, -0.2) is 4.98 Å². The van der Waals surface area contributed by atoms with Crippen LogP contribution in [0.15, 0.2) is 24.3 Å². The van der Waals surface area contributed by atoms with E-state index in [1.54, 1.807) is 0 Å². The van der Waals surface area contributed by atoms with Crippen LogP contribution in [0.25, 0.3) is 10.9 Å². The summed E-state index contributed by atoms with van der Waals surface area (Å²) in [6.45, 7) is 6.46. The lowest BCUT2D eigenvalue weighted by atomic mass is 10.00. The molecule has 0 aliphatic rings. The average molecular weight is 229 g/mol. The molecule has 0 amide bonds. The molecule has 0 bridgehead atoms. The largest absolute Gasteiger partial charge is 0.323 e. The molecule has 0 radical (unpaired) electrons. The number of pyridine rings is 1. The molecule has 0 aliphatic heterocycles. The Hall–Kier alpha value is -1.61. The number of nitrogen functional groups attached to an aromatic ring is 1. The lowest BCUT2D eigenvalue weighted by Crippen LogP contribution is -2.08. The molecule has 90 valence electrons. The highest BCUT2D eigenvalue weighted by Crippen LogP contribution is 2.26. The van der Waals surface area contributed by atoms with Gasteiger partial charge in [-0.3, -0.25) is 10.8 Å². The van der Waals surface area contributed by atoms with Gasteiger partial charge in [0.1, 0.15) is 0 Å². The predicted octanol–water partition coefficient (Wildman–Crippen LogP) is 3.21. The molecule has 3 heteroatoms. The molecule has 2 aromatic rings. The van der Waals surface area contributed by atoms with Crippen molar-refractivity contribution in [2.75, 3.05) is 5.43 Å². The molecule has 17 heavy (non-hydrogen) atoms. The van der Waals surface area contributed by atoms with Crippen molar-refractivity contribution >= 4 is 16.6 Å². The van der Waals surface area contributed by atoms with Crippen molar-refractivity contribution in [2.45, 2.75) is 33.1 Å². The topological polar surface area (TPSA) is 50.9 Å². The van der Waals surface area contributed by atoms with Crippen LogP contribution in [0.5, 0.6) is 0 Å². The molecule has 0 fully saturated rings. The number of anilines is 1. The Balaban J connectivity index is 2.67. The molecular weight excluding hydrogens is 210 g/mol. The van der Waals surface area contributed by atoms with Gasteiger partial charge in [-0.2, -0.15) is 0 Å². The first-order chi connectivity index (χ1) is 8.15. The van der Waals surface area contributed by atoms with Gasteiger partial charge in [0.2, 0.25) is 0 Å². The van der Waals surface area contributed by atoms with E-state index < -0.39 is 0 Å². The first kappa shape index (κ1) is 11.9. The number of hydrogen-bond donors (Lipinski definition) is 2. The van der Waals surface area contributed by atoms with Gasteiger partial charge in [-0.25, -0.2) is 0 Å². The van der Waals surface area contributed by atoms with E-state index in [1.165, 1.54) is 5.56 Å². The maximum Gasteiger partial charge on any atom is 0.0726 e. The number of fused-ring (bicyclic) bond motifs is 1. The monoisotopic (exact) mass is 229 g/mol. The van der Waals surface area contributed by atoms with Gasteiger partial charge in [-0.1, -0.05) is 26.8 Å². The van der Waals surface area contributed by atoms with Crippen molar-refractivity contribution in [3.05, 3.63) is 35.5 Å². The van der Waals surface area contributed by atoms with Crippen LogP contribution in [0, 0.1) is 0 Å². The second-order valence-corrected chi connectivity index (χ2v) is 4.59. The van der Waals surface area contributed by atoms with Crippen LogP contribution < -0.4 is 11.3 Å². The van der Waals surface area contributed by atoms with E-state index in [-0.39, 0.29) is 0 Å². The van der Waals surface area contributed by atoms with Crippen molar-refractivity contribution in [3.63, 3.8) is 0 Å². The van der Waals surface area contributed by atoms with E-state index in [0.29, 0.717) is 5.92 Å². The Morgan fingerprint density at radius 3 is 2.65 bits per heavy atom. The Morgan fingerprint density at radius 2 is 2.06 bits per heavy atom. The minimum Gasteiger partial charge on any atom is -0.323 e. The summed E-state index contributed by atoms with van der Waals surface area (Å²) < 4.78 is 0. The molecule has 1 aromatic carbocycles. The van der Waals surface area contributed by atoms with E-state index in [4.69, 9.17) is 5.84 Å². The number of nitrogens with one attached hydrogen (secondary N) is 1. The zero-order chi connectivity index (χ0) is 12.4. The minimum absolute atomic E-state index is 0.510. The SMILES string of the molecule is CCc1cc(NN)c2cc(C(C)C)ccc2n1. The van der Waals surface area contributed by atoms with Gasteiger partial charge in [-0.15, -0.1) is 0 Å². The van der Waals surface area contributed by atoms with Crippen molar-refractivity contribution in [1.82, 2.24) is 4.98 Å². The van der Waals surface area contributed by atoms with E-state index in [2.05, 4.69) is 49.4 Å². The first-order valence-corrected chi connectivity index (χ1v) is 6.06. The van der Waals surface area contributed by atoms with Crippen LogP contribution in [0.1, 0.15) is 37.9 Å². The Kier molecular flexibility index (Phi) is 3.29. The summed E-state index contributed by atoms with van der Waals surface area (Å²) in [7, 11) is 0. The van der Waals surface area contributed by atoms with Gasteiger partial charge in [0.15, 0.2) is 0 Å². The molecule has 0 saturated heterocycles. The molecule has 3 N–H and O–H groups in total. The van der Waals surface area contributed by atoms with Crippen molar-refractivity contribution in [2.24, 2.45) is 5.84 Å². The second kappa shape index (κ2) is 4.72. The summed E-state index contributed by atoms with van der Waals surface area (Å²) in [5, 5.41) is 1.09. The lowest BCUT2D eigenvalue weighted by Gasteiger charge is -2.11. The quantitative estimate of drug-likeness (QED) is 0.627. The summed E-state index contributed by atoms with van der Waals surface area (Å²) >= 11 is 0. The maximum atomic E-state index is 5.59. The third-order valence-corrected chi connectivity index (χ3v) is 3.07. The van der Waals surface area contributed by atoms with Crippen LogP contribution in [0.3, 0.4) is 0 Å². The molecule has 1 heterocycles. The number of aryl methyl sites for hydroxylation is 1. The van der Waals surface area contributed by atoms with Gasteiger partial charge in [0, 0.05) is 11.1 Å². The molecule has 1 aromatic heterocycles. The second-order valence-electron chi connectivity index (χ2n) is 4.59. The maximum absolute atomic E-state index is 5.59. The number of rotatable bonds is 3. The molecule has 0 spiro atoms. The summed E-state index contributed by atoms with van der Waals surface area (Å²) in [6.07, 6.45) is 0.913. The number of benzene rings is 1. The first-order valence-electron chi connectivity index (χ1n) is 6.06. The van der Waals surface area contributed by atoms with Crippen molar-refractivity contribution in [3.8, 4) is 0 Å². The van der Waals surface area contributed by atoms with E-state index in [9.17, 15) is 0 Å². The number of hydrogen-bond acceptors (Lipinski definition) is 3. The van der Waals surface area contributed by atoms with Crippen LogP contribution in [0.2, 0.25) is 0 Å². The van der Waals surface area contributed by atoms with Crippen LogP contribution in [0.4, 0.5) is 5.69 Å². The Labute approximate surface area is 102 Å². The zero-order valence-electron chi connectivity index (χ0n) is 10.6. The van der Waals surface area contributed by atoms with Gasteiger partial charge in [0.25, 0.3) is 0 Å². The zero-order valence-corrected chi connectivity index (χ0v) is 10.6. The fraction of sp³-hybridized carbons (Fsp3) is 0.357. The van der Waals surface area contributed by atoms with E-state index >= 15 is 0 Å². The van der Waals surface area contributed by atoms with Crippen molar-refractivity contribution in [1.29, 1.82) is 0 Å². The fourth-order valence-electron chi connectivity index (χ4n) is 1.96. The number of nitrogens with zero attached hydrogens (tertiary/aromatic N) is 1. The van der Waals surface area contributed by atoms with E-state index in [1.807, 2.05) is 6.07 Å². The van der Waals surface area contributed by atoms with Crippen molar-refractivity contribution < 1.29 is 0 Å². The van der Waals surface area contributed by atoms with Gasteiger partial charge in [0.05, 0.1) is 11.2 Å².